The SMILES string of the molecule is CCCP(CCC)C[P+](CCCC[P+](CP(CCC)CCC)(C(C)C)C(C)C)(C(C)C)C(C)C. The van der Waals surface area contributed by atoms with Crippen LogP contribution in [-0.2, 0) is 0 Å². The van der Waals surface area contributed by atoms with Gasteiger partial charge in [-0.05, 0) is 92.9 Å². The van der Waals surface area contributed by atoms with E-state index >= 15 is 0 Å². The summed E-state index contributed by atoms with van der Waals surface area (Å²) in [7, 11) is -1.26. The molecule has 0 saturated heterocycles. The lowest BCUT2D eigenvalue weighted by Crippen LogP contribution is -2.24. The van der Waals surface area contributed by atoms with Crippen LogP contribution >= 0.6 is 30.4 Å². The molecule has 0 rings (SSSR count). The summed E-state index contributed by atoms with van der Waals surface area (Å²) in [5.74, 6) is 3.29. The van der Waals surface area contributed by atoms with E-state index in [9.17, 15) is 0 Å². The van der Waals surface area contributed by atoms with E-state index in [2.05, 4.69) is 83.1 Å². The molecule has 4 heteroatoms. The number of rotatable bonds is 21. The minimum atomic E-state index is -0.889. The summed E-state index contributed by atoms with van der Waals surface area (Å²) >= 11 is 0. The molecule has 0 aromatic rings. The van der Waals surface area contributed by atoms with Crippen molar-refractivity contribution in [3.05, 3.63) is 0 Å². The van der Waals surface area contributed by atoms with Gasteiger partial charge in [0.1, 0.15) is 0 Å². The number of unbranched alkanes of at least 4 members (excludes halogenated alkanes) is 1. The zero-order valence-corrected chi connectivity index (χ0v) is 29.6. The van der Waals surface area contributed by atoms with Crippen molar-refractivity contribution in [2.45, 2.75) is 144 Å². The van der Waals surface area contributed by atoms with Crippen molar-refractivity contribution in [2.75, 3.05) is 48.8 Å². The summed E-state index contributed by atoms with van der Waals surface area (Å²) in [6, 6.07) is 0. The molecule has 0 unspecified atom stereocenters. The summed E-state index contributed by atoms with van der Waals surface area (Å²) in [4.78, 5) is 0. The average molecular weight is 553 g/mol. The van der Waals surface area contributed by atoms with E-state index in [0.717, 1.165) is 22.6 Å². The molecule has 0 aliphatic heterocycles. The van der Waals surface area contributed by atoms with E-state index in [1.807, 2.05) is 0 Å². The van der Waals surface area contributed by atoms with Gasteiger partial charge in [-0.15, -0.1) is 0 Å². The highest BCUT2D eigenvalue weighted by Crippen LogP contribution is 2.74. The Kier molecular flexibility index (Phi) is 19.8. The second kappa shape index (κ2) is 18.9. The zero-order valence-electron chi connectivity index (χ0n) is 26.0. The highest BCUT2D eigenvalue weighted by Gasteiger charge is 2.47. The van der Waals surface area contributed by atoms with E-state index in [1.54, 1.807) is 24.1 Å². The molecular formula is C30H68P4+2. The van der Waals surface area contributed by atoms with Crippen LogP contribution in [0.5, 0.6) is 0 Å². The Hall–Kier alpha value is 1.72. The lowest BCUT2D eigenvalue weighted by molar-refractivity contribution is 0.844. The van der Waals surface area contributed by atoms with Crippen LogP contribution in [0.25, 0.3) is 0 Å². The van der Waals surface area contributed by atoms with E-state index in [4.69, 9.17) is 0 Å². The van der Waals surface area contributed by atoms with Crippen molar-refractivity contribution < 1.29 is 0 Å². The topological polar surface area (TPSA) is 0 Å². The van der Waals surface area contributed by atoms with Gasteiger partial charge < -0.3 is 0 Å². The third kappa shape index (κ3) is 11.2. The maximum Gasteiger partial charge on any atom is 0.0782 e. The van der Waals surface area contributed by atoms with Gasteiger partial charge in [0.05, 0.1) is 46.8 Å². The van der Waals surface area contributed by atoms with Crippen LogP contribution < -0.4 is 0 Å². The van der Waals surface area contributed by atoms with Crippen LogP contribution in [0.4, 0.5) is 0 Å². The molecule has 0 N–H and O–H groups in total. The first-order valence-electron chi connectivity index (χ1n) is 15.1. The molecule has 34 heavy (non-hydrogen) atoms. The second-order valence-corrected chi connectivity index (χ2v) is 28.4. The van der Waals surface area contributed by atoms with Crippen molar-refractivity contribution in [3.63, 3.8) is 0 Å². The van der Waals surface area contributed by atoms with Crippen LogP contribution in [-0.4, -0.2) is 71.4 Å². The molecule has 0 fully saturated rings. The Morgan fingerprint density at radius 3 is 0.853 bits per heavy atom. The predicted octanol–water partition coefficient (Wildman–Crippen LogP) is 12.0. The fraction of sp³-hybridized carbons (Fsp3) is 1.00. The smallest absolute Gasteiger partial charge is 0.0669 e. The standard InChI is InChI=1S/C30H68P4/c1-13-19-31(20-14-2)25-33(27(5)6,28(7)8)23-17-18-24-34(29(9)10,30(11)12)26-32(21-15-3)22-16-4/h27-30H,13-26H2,1-12H3/q+2. The third-order valence-corrected chi connectivity index (χ3v) is 30.9. The van der Waals surface area contributed by atoms with Crippen LogP contribution in [0.2, 0.25) is 0 Å². The van der Waals surface area contributed by atoms with E-state index in [-0.39, 0.29) is 15.8 Å². The van der Waals surface area contributed by atoms with Gasteiger partial charge in [-0.25, -0.2) is 0 Å². The zero-order chi connectivity index (χ0) is 26.4. The van der Waals surface area contributed by atoms with Crippen LogP contribution in [0.3, 0.4) is 0 Å². The van der Waals surface area contributed by atoms with Gasteiger partial charge in [0.15, 0.2) is 0 Å². The Morgan fingerprint density at radius 2 is 0.676 bits per heavy atom. The van der Waals surface area contributed by atoms with Crippen molar-refractivity contribution in [1.29, 1.82) is 0 Å². The molecule has 0 radical (unpaired) electrons. The molecule has 0 spiro atoms. The first kappa shape index (κ1) is 35.7. The molecule has 0 heterocycles. The quantitative estimate of drug-likeness (QED) is 0.0981. The fourth-order valence-corrected chi connectivity index (χ4v) is 30.0. The molecule has 0 aliphatic rings. The Bertz CT molecular complexity index is 414. The van der Waals surface area contributed by atoms with Crippen LogP contribution in [0.15, 0.2) is 0 Å². The summed E-state index contributed by atoms with van der Waals surface area (Å²) < 4.78 is 0. The maximum atomic E-state index is 2.60. The number of hydrogen-bond acceptors (Lipinski definition) is 0. The first-order chi connectivity index (χ1) is 16.0. The molecular weight excluding hydrogens is 484 g/mol. The highest BCUT2D eigenvalue weighted by atomic mass is 31.2. The molecule has 0 aromatic heterocycles. The van der Waals surface area contributed by atoms with Crippen molar-refractivity contribution in [1.82, 2.24) is 0 Å². The van der Waals surface area contributed by atoms with E-state index < -0.39 is 14.5 Å². The largest absolute Gasteiger partial charge is 0.0782 e. The summed E-state index contributed by atoms with van der Waals surface area (Å²) in [5.41, 5.74) is 3.68. The molecule has 0 atom stereocenters. The molecule has 0 amide bonds. The highest BCUT2D eigenvalue weighted by molar-refractivity contribution is 7.87. The Balaban J connectivity index is 5.55. The van der Waals surface area contributed by atoms with E-state index in [0.29, 0.717) is 0 Å². The summed E-state index contributed by atoms with van der Waals surface area (Å²) in [5, 5.41) is 0. The lowest BCUT2D eigenvalue weighted by atomic mass is 10.4. The Morgan fingerprint density at radius 1 is 0.441 bits per heavy atom. The molecule has 0 nitrogen and oxygen atoms in total. The molecule has 206 valence electrons. The molecule has 0 bridgehead atoms. The fourth-order valence-electron chi connectivity index (χ4n) is 6.35. The van der Waals surface area contributed by atoms with Gasteiger partial charge >= 0.3 is 0 Å². The average Bonchev–Trinajstić information content (AvgIpc) is 2.74. The van der Waals surface area contributed by atoms with Crippen LogP contribution in [0.1, 0.15) is 122 Å². The second-order valence-electron chi connectivity index (χ2n) is 12.3. The minimum Gasteiger partial charge on any atom is -0.0669 e. The van der Waals surface area contributed by atoms with E-state index in [1.165, 1.54) is 63.2 Å². The minimum absolute atomic E-state index is 0.261. The van der Waals surface area contributed by atoms with Crippen molar-refractivity contribution in [2.24, 2.45) is 0 Å². The van der Waals surface area contributed by atoms with Gasteiger partial charge in [-0.3, -0.25) is 0 Å². The summed E-state index contributed by atoms with van der Waals surface area (Å²) in [6.45, 7) is 30.5. The molecule has 0 saturated carbocycles. The number of hydrogen-bond donors (Lipinski definition) is 0. The predicted molar refractivity (Wildman–Crippen MR) is 178 cm³/mol. The lowest BCUT2D eigenvalue weighted by Gasteiger charge is -2.39. The Labute approximate surface area is 222 Å². The maximum absolute atomic E-state index is 2.60. The third-order valence-electron chi connectivity index (χ3n) is 8.60. The monoisotopic (exact) mass is 552 g/mol. The molecule has 0 aromatic carbocycles. The molecule has 0 aliphatic carbocycles. The van der Waals surface area contributed by atoms with Crippen LogP contribution in [0, 0.1) is 0 Å². The summed E-state index contributed by atoms with van der Waals surface area (Å²) in [6.07, 6.45) is 17.9. The van der Waals surface area contributed by atoms with Gasteiger partial charge in [-0.2, -0.15) is 0 Å². The van der Waals surface area contributed by atoms with Crippen molar-refractivity contribution >= 4 is 30.4 Å². The van der Waals surface area contributed by atoms with Crippen molar-refractivity contribution in [3.8, 4) is 0 Å². The first-order valence-corrected chi connectivity index (χ1v) is 23.5. The van der Waals surface area contributed by atoms with Gasteiger partial charge in [0.25, 0.3) is 0 Å². The van der Waals surface area contributed by atoms with Gasteiger partial charge in [0.2, 0.25) is 0 Å². The van der Waals surface area contributed by atoms with Gasteiger partial charge in [-0.1, -0.05) is 69.2 Å². The normalized spacial score (nSPS) is 13.6. The van der Waals surface area contributed by atoms with Gasteiger partial charge in [0, 0.05) is 14.5 Å².